The smallest absolute Gasteiger partial charge is 0.219 e. The number of hydrogen-bond acceptors (Lipinski definition) is 7. The number of nitrogens with one attached hydrogen (secondary N) is 1. The van der Waals surface area contributed by atoms with Gasteiger partial charge in [0.15, 0.2) is 5.41 Å². The molecule has 0 amide bonds. The first-order valence-corrected chi connectivity index (χ1v) is 7.85. The third-order valence-electron chi connectivity index (χ3n) is 5.22. The Kier molecular flexibility index (Phi) is 3.76. The molecule has 1 aromatic rings. The zero-order valence-corrected chi connectivity index (χ0v) is 14.3. The second-order valence-electron chi connectivity index (χ2n) is 6.35. The summed E-state index contributed by atoms with van der Waals surface area (Å²) in [5, 5.41) is 38.4. The van der Waals surface area contributed by atoms with Gasteiger partial charge in [0.1, 0.15) is 11.9 Å². The molecule has 0 aliphatic carbocycles. The fourth-order valence-electron chi connectivity index (χ4n) is 4.11. The number of benzene rings is 1. The van der Waals surface area contributed by atoms with Gasteiger partial charge in [0.2, 0.25) is 17.1 Å². The van der Waals surface area contributed by atoms with E-state index in [-0.39, 0.29) is 0 Å². The van der Waals surface area contributed by atoms with Crippen LogP contribution >= 0.6 is 0 Å². The Morgan fingerprint density at radius 2 is 1.88 bits per heavy atom. The SMILES string of the molecule is C=CC1OC2(C)OC(=N)C(C#N)(C2c2ccccc2OC)C1(C#N)C#N. The van der Waals surface area contributed by atoms with Gasteiger partial charge in [-0.3, -0.25) is 5.41 Å². The molecule has 0 saturated carbocycles. The predicted octanol–water partition coefficient (Wildman–Crippen LogP) is 2.63. The van der Waals surface area contributed by atoms with Crippen LogP contribution in [0.15, 0.2) is 36.9 Å². The Labute approximate surface area is 151 Å². The largest absolute Gasteiger partial charge is 0.496 e. The third kappa shape index (κ3) is 1.74. The van der Waals surface area contributed by atoms with Gasteiger partial charge >= 0.3 is 0 Å². The predicted molar refractivity (Wildman–Crippen MR) is 89.7 cm³/mol. The lowest BCUT2D eigenvalue weighted by atomic mass is 9.53. The summed E-state index contributed by atoms with van der Waals surface area (Å²) >= 11 is 0. The maximum Gasteiger partial charge on any atom is 0.219 e. The van der Waals surface area contributed by atoms with Crippen molar-refractivity contribution in [1.29, 1.82) is 21.2 Å². The van der Waals surface area contributed by atoms with E-state index in [0.717, 1.165) is 0 Å². The van der Waals surface area contributed by atoms with Crippen LogP contribution in [0.5, 0.6) is 5.75 Å². The van der Waals surface area contributed by atoms with Gasteiger partial charge in [-0.05, 0) is 6.07 Å². The van der Waals surface area contributed by atoms with E-state index in [1.165, 1.54) is 13.2 Å². The van der Waals surface area contributed by atoms with E-state index in [0.29, 0.717) is 11.3 Å². The van der Waals surface area contributed by atoms with Crippen molar-refractivity contribution in [1.82, 2.24) is 0 Å². The van der Waals surface area contributed by atoms with Crippen LogP contribution in [-0.4, -0.2) is 24.9 Å². The Balaban J connectivity index is 2.42. The van der Waals surface area contributed by atoms with Gasteiger partial charge in [0.05, 0.1) is 31.2 Å². The number of hydrogen-bond donors (Lipinski definition) is 1. The normalized spacial score (nSPS) is 33.9. The number of nitrogens with zero attached hydrogens (tertiary/aromatic N) is 3. The molecule has 0 spiro atoms. The van der Waals surface area contributed by atoms with E-state index in [1.807, 2.05) is 12.1 Å². The molecule has 1 aromatic carbocycles. The second-order valence-corrected chi connectivity index (χ2v) is 6.35. The molecule has 2 fully saturated rings. The molecule has 7 heteroatoms. The van der Waals surface area contributed by atoms with Crippen LogP contribution in [0.2, 0.25) is 0 Å². The fraction of sp³-hybridized carbons (Fsp3) is 0.368. The molecular formula is C19H16N4O3. The third-order valence-corrected chi connectivity index (χ3v) is 5.22. The van der Waals surface area contributed by atoms with E-state index in [1.54, 1.807) is 31.2 Å². The Morgan fingerprint density at radius 3 is 2.42 bits per heavy atom. The average Bonchev–Trinajstić information content (AvgIpc) is 2.84. The Hall–Kier alpha value is -3.34. The van der Waals surface area contributed by atoms with Crippen LogP contribution in [0, 0.1) is 50.2 Å². The van der Waals surface area contributed by atoms with Crippen LogP contribution in [0.25, 0.3) is 0 Å². The van der Waals surface area contributed by atoms with Crippen molar-refractivity contribution in [2.45, 2.75) is 24.7 Å². The molecular weight excluding hydrogens is 332 g/mol. The van der Waals surface area contributed by atoms with Gasteiger partial charge in [0.25, 0.3) is 0 Å². The maximum atomic E-state index is 10.2. The van der Waals surface area contributed by atoms with E-state index in [4.69, 9.17) is 19.6 Å². The minimum absolute atomic E-state index is 0.451. The molecule has 1 N–H and O–H groups in total. The molecule has 2 aliphatic heterocycles. The standard InChI is InChI=1S/C19H16N4O3/c1-4-14-18(9-20,10-21)19(11-22)15(17(2,25-14)26-16(19)23)12-7-5-6-8-13(12)24-3/h4-8,14-15,23H,1H2,2-3H3. The van der Waals surface area contributed by atoms with Crippen LogP contribution in [-0.2, 0) is 9.47 Å². The van der Waals surface area contributed by atoms with Crippen LogP contribution in [0.4, 0.5) is 0 Å². The van der Waals surface area contributed by atoms with Crippen molar-refractivity contribution in [2.75, 3.05) is 7.11 Å². The molecule has 7 nitrogen and oxygen atoms in total. The zero-order valence-electron chi connectivity index (χ0n) is 14.3. The average molecular weight is 348 g/mol. The topological polar surface area (TPSA) is 123 Å². The van der Waals surface area contributed by atoms with Gasteiger partial charge < -0.3 is 14.2 Å². The number of para-hydroxylation sites is 1. The number of ether oxygens (including phenoxy) is 3. The fourth-order valence-corrected chi connectivity index (χ4v) is 4.11. The molecule has 4 atom stereocenters. The quantitative estimate of drug-likeness (QED) is 0.838. The molecule has 4 unspecified atom stereocenters. The van der Waals surface area contributed by atoms with Crippen molar-refractivity contribution in [2.24, 2.45) is 10.8 Å². The highest BCUT2D eigenvalue weighted by Gasteiger charge is 2.79. The highest BCUT2D eigenvalue weighted by Crippen LogP contribution is 2.66. The first-order chi connectivity index (χ1) is 12.4. The molecule has 0 radical (unpaired) electrons. The van der Waals surface area contributed by atoms with Crippen LogP contribution in [0.3, 0.4) is 0 Å². The highest BCUT2D eigenvalue weighted by atomic mass is 16.7. The van der Waals surface area contributed by atoms with Crippen molar-refractivity contribution < 1.29 is 14.2 Å². The van der Waals surface area contributed by atoms with Crippen LogP contribution in [0.1, 0.15) is 18.4 Å². The minimum Gasteiger partial charge on any atom is -0.496 e. The first kappa shape index (κ1) is 17.5. The summed E-state index contributed by atoms with van der Waals surface area (Å²) in [6, 6.07) is 12.8. The molecule has 2 aliphatic rings. The van der Waals surface area contributed by atoms with Gasteiger partial charge in [0, 0.05) is 12.5 Å². The van der Waals surface area contributed by atoms with E-state index < -0.39 is 34.5 Å². The lowest BCUT2D eigenvalue weighted by molar-refractivity contribution is -0.237. The molecule has 2 saturated heterocycles. The number of methoxy groups -OCH3 is 1. The lowest BCUT2D eigenvalue weighted by Gasteiger charge is -2.48. The molecule has 3 rings (SSSR count). The van der Waals surface area contributed by atoms with Gasteiger partial charge in [-0.15, -0.1) is 6.58 Å². The Bertz CT molecular complexity index is 908. The monoisotopic (exact) mass is 348 g/mol. The van der Waals surface area contributed by atoms with Crippen molar-refractivity contribution >= 4 is 5.90 Å². The summed E-state index contributed by atoms with van der Waals surface area (Å²) < 4.78 is 17.0. The van der Waals surface area contributed by atoms with Crippen molar-refractivity contribution in [3.63, 3.8) is 0 Å². The molecule has 2 heterocycles. The van der Waals surface area contributed by atoms with E-state index in [9.17, 15) is 15.8 Å². The first-order valence-electron chi connectivity index (χ1n) is 7.85. The Morgan fingerprint density at radius 1 is 1.23 bits per heavy atom. The summed E-state index contributed by atoms with van der Waals surface area (Å²) in [7, 11) is 1.48. The zero-order chi connectivity index (χ0) is 19.2. The maximum absolute atomic E-state index is 10.2. The van der Waals surface area contributed by atoms with E-state index >= 15 is 0 Å². The second kappa shape index (κ2) is 5.59. The summed E-state index contributed by atoms with van der Waals surface area (Å²) in [5.41, 5.74) is -3.35. The molecule has 2 bridgehead atoms. The molecule has 26 heavy (non-hydrogen) atoms. The van der Waals surface area contributed by atoms with Crippen molar-refractivity contribution in [3.8, 4) is 24.0 Å². The molecule has 130 valence electrons. The highest BCUT2D eigenvalue weighted by molar-refractivity contribution is 5.90. The summed E-state index contributed by atoms with van der Waals surface area (Å²) in [4.78, 5) is 0. The van der Waals surface area contributed by atoms with Gasteiger partial charge in [-0.25, -0.2) is 0 Å². The summed E-state index contributed by atoms with van der Waals surface area (Å²) in [6.07, 6.45) is 0.202. The van der Waals surface area contributed by atoms with Gasteiger partial charge in [-0.2, -0.15) is 15.8 Å². The molecule has 0 aromatic heterocycles. The number of rotatable bonds is 3. The lowest BCUT2D eigenvalue weighted by Crippen LogP contribution is -2.60. The minimum atomic E-state index is -2.00. The summed E-state index contributed by atoms with van der Waals surface area (Å²) in [5.74, 6) is -2.37. The number of fused-ring (bicyclic) bond motifs is 2. The van der Waals surface area contributed by atoms with Gasteiger partial charge in [-0.1, -0.05) is 24.3 Å². The van der Waals surface area contributed by atoms with Crippen LogP contribution < -0.4 is 4.74 Å². The van der Waals surface area contributed by atoms with Crippen molar-refractivity contribution in [3.05, 3.63) is 42.5 Å². The summed E-state index contributed by atoms with van der Waals surface area (Å²) in [6.45, 7) is 5.23. The van der Waals surface area contributed by atoms with E-state index in [2.05, 4.69) is 12.6 Å². The number of nitriles is 3.